The van der Waals surface area contributed by atoms with Gasteiger partial charge < -0.3 is 9.64 Å². The molecule has 0 saturated carbocycles. The van der Waals surface area contributed by atoms with Crippen molar-refractivity contribution in [1.29, 1.82) is 0 Å². The lowest BCUT2D eigenvalue weighted by molar-refractivity contribution is -0.143. The second-order valence-corrected chi connectivity index (χ2v) is 7.46. The number of carbonyl (C=O) groups is 1. The molecule has 0 saturated heterocycles. The van der Waals surface area contributed by atoms with E-state index in [0.29, 0.717) is 29.3 Å². The van der Waals surface area contributed by atoms with Gasteiger partial charge in [0, 0.05) is 25.4 Å². The summed E-state index contributed by atoms with van der Waals surface area (Å²) >= 11 is 0. The van der Waals surface area contributed by atoms with Crippen molar-refractivity contribution in [3.05, 3.63) is 76.7 Å². The zero-order chi connectivity index (χ0) is 25.3. The highest BCUT2D eigenvalue weighted by Crippen LogP contribution is 2.37. The fourth-order valence-corrected chi connectivity index (χ4v) is 3.33. The van der Waals surface area contributed by atoms with Crippen molar-refractivity contribution in [1.82, 2.24) is 14.9 Å². The molecule has 0 N–H and O–H groups in total. The second kappa shape index (κ2) is 9.32. The Hall–Kier alpha value is -3.63. The number of carbonyl (C=O) groups excluding carboxylic acids is 1. The highest BCUT2D eigenvalue weighted by molar-refractivity contribution is 6.00. The normalized spacial score (nSPS) is 11.9. The van der Waals surface area contributed by atoms with Crippen LogP contribution in [0.25, 0.3) is 11.3 Å². The van der Waals surface area contributed by atoms with Crippen LogP contribution in [-0.4, -0.2) is 34.9 Å². The molecule has 1 amide bonds. The highest BCUT2D eigenvalue weighted by atomic mass is 19.4. The van der Waals surface area contributed by atoms with Gasteiger partial charge in [-0.15, -0.1) is 0 Å². The zero-order valence-electron chi connectivity index (χ0n) is 18.3. The molecule has 0 aliphatic carbocycles. The highest BCUT2D eigenvalue weighted by Gasteiger charge is 2.37. The van der Waals surface area contributed by atoms with E-state index in [4.69, 9.17) is 4.74 Å². The number of para-hydroxylation sites is 1. The van der Waals surface area contributed by atoms with E-state index in [0.717, 1.165) is 4.90 Å². The van der Waals surface area contributed by atoms with Gasteiger partial charge in [0.1, 0.15) is 11.6 Å². The number of aryl methyl sites for hydroxylation is 1. The summed E-state index contributed by atoms with van der Waals surface area (Å²) in [6.45, 7) is 1.10. The van der Waals surface area contributed by atoms with Gasteiger partial charge in [-0.2, -0.15) is 26.3 Å². The summed E-state index contributed by atoms with van der Waals surface area (Å²) in [6, 6.07) is 7.97. The fourth-order valence-electron chi connectivity index (χ4n) is 3.33. The van der Waals surface area contributed by atoms with Gasteiger partial charge in [-0.05, 0) is 42.8 Å². The largest absolute Gasteiger partial charge is 0.496 e. The molecule has 5 nitrogen and oxygen atoms in total. The summed E-state index contributed by atoms with van der Waals surface area (Å²) in [5.41, 5.74) is -2.52. The predicted octanol–water partition coefficient (Wildman–Crippen LogP) is 5.77. The first kappa shape index (κ1) is 25.0. The third-order valence-corrected chi connectivity index (χ3v) is 4.92. The lowest BCUT2D eigenvalue weighted by Crippen LogP contribution is -2.27. The number of methoxy groups -OCH3 is 1. The number of alkyl halides is 6. The molecule has 0 radical (unpaired) electrons. The van der Waals surface area contributed by atoms with Gasteiger partial charge in [0.15, 0.2) is 0 Å². The molecule has 3 rings (SSSR count). The average molecular weight is 483 g/mol. The Bertz CT molecular complexity index is 1180. The third-order valence-electron chi connectivity index (χ3n) is 4.92. The lowest BCUT2D eigenvalue weighted by atomic mass is 10.0. The quantitative estimate of drug-likeness (QED) is 0.433. The van der Waals surface area contributed by atoms with Gasteiger partial charge in [-0.1, -0.05) is 12.1 Å². The van der Waals surface area contributed by atoms with Crippen molar-refractivity contribution < 1.29 is 35.9 Å². The van der Waals surface area contributed by atoms with Crippen LogP contribution in [0.2, 0.25) is 0 Å². The minimum Gasteiger partial charge on any atom is -0.496 e. The Kier molecular flexibility index (Phi) is 6.85. The first-order valence-corrected chi connectivity index (χ1v) is 9.82. The number of hydrogen-bond acceptors (Lipinski definition) is 4. The Labute approximate surface area is 191 Å². The van der Waals surface area contributed by atoms with E-state index in [2.05, 4.69) is 9.97 Å². The first-order chi connectivity index (χ1) is 15.8. The predicted molar refractivity (Wildman–Crippen MR) is 111 cm³/mol. The number of rotatable bonds is 5. The number of aromatic nitrogens is 2. The molecule has 11 heteroatoms. The van der Waals surface area contributed by atoms with E-state index in [1.165, 1.54) is 20.4 Å². The number of nitrogens with zero attached hydrogens (tertiary/aromatic N) is 3. The Morgan fingerprint density at radius 3 is 2.15 bits per heavy atom. The van der Waals surface area contributed by atoms with Crippen molar-refractivity contribution in [2.75, 3.05) is 14.2 Å². The first-order valence-electron chi connectivity index (χ1n) is 9.82. The fraction of sp³-hybridized carbons (Fsp3) is 0.261. The molecule has 34 heavy (non-hydrogen) atoms. The van der Waals surface area contributed by atoms with E-state index in [-0.39, 0.29) is 22.9 Å². The molecule has 0 bridgehead atoms. The third kappa shape index (κ3) is 5.46. The maximum Gasteiger partial charge on any atom is 0.416 e. The molecule has 2 aromatic carbocycles. The van der Waals surface area contributed by atoms with Crippen molar-refractivity contribution >= 4 is 5.91 Å². The maximum atomic E-state index is 13.2. The van der Waals surface area contributed by atoms with E-state index < -0.39 is 35.9 Å². The number of hydrogen-bond donors (Lipinski definition) is 0. The van der Waals surface area contributed by atoms with Gasteiger partial charge in [0.05, 0.1) is 29.5 Å². The van der Waals surface area contributed by atoms with Gasteiger partial charge in [0.25, 0.3) is 5.91 Å². The molecule has 0 atom stereocenters. The van der Waals surface area contributed by atoms with Gasteiger partial charge >= 0.3 is 12.4 Å². The molecule has 3 aromatic rings. The molecule has 0 aliphatic rings. The Morgan fingerprint density at radius 2 is 1.59 bits per heavy atom. The van der Waals surface area contributed by atoms with Crippen molar-refractivity contribution in [2.24, 2.45) is 0 Å². The van der Waals surface area contributed by atoms with Crippen LogP contribution in [0, 0.1) is 6.92 Å². The van der Waals surface area contributed by atoms with Crippen LogP contribution in [0.1, 0.15) is 32.9 Å². The van der Waals surface area contributed by atoms with Crippen LogP contribution in [0.4, 0.5) is 26.3 Å². The molecule has 180 valence electrons. The summed E-state index contributed by atoms with van der Waals surface area (Å²) in [5, 5.41) is 0. The Morgan fingerprint density at radius 1 is 1.00 bits per heavy atom. The van der Waals surface area contributed by atoms with Crippen LogP contribution < -0.4 is 4.74 Å². The zero-order valence-corrected chi connectivity index (χ0v) is 18.3. The summed E-state index contributed by atoms with van der Waals surface area (Å²) in [4.78, 5) is 22.5. The van der Waals surface area contributed by atoms with Gasteiger partial charge in [0.2, 0.25) is 0 Å². The van der Waals surface area contributed by atoms with Gasteiger partial charge in [-0.25, -0.2) is 9.97 Å². The smallest absolute Gasteiger partial charge is 0.416 e. The molecular weight excluding hydrogens is 464 g/mol. The summed E-state index contributed by atoms with van der Waals surface area (Å²) < 4.78 is 84.3. The van der Waals surface area contributed by atoms with E-state index in [1.54, 1.807) is 31.2 Å². The monoisotopic (exact) mass is 483 g/mol. The number of amides is 1. The topological polar surface area (TPSA) is 55.3 Å². The number of halogens is 6. The second-order valence-electron chi connectivity index (χ2n) is 7.46. The van der Waals surface area contributed by atoms with E-state index in [9.17, 15) is 31.1 Å². The van der Waals surface area contributed by atoms with Crippen LogP contribution in [0.5, 0.6) is 5.75 Å². The van der Waals surface area contributed by atoms with Crippen LogP contribution >= 0.6 is 0 Å². The van der Waals surface area contributed by atoms with E-state index in [1.807, 2.05) is 0 Å². The molecule has 1 heterocycles. The molecule has 0 aliphatic heterocycles. The van der Waals surface area contributed by atoms with Crippen molar-refractivity contribution in [2.45, 2.75) is 25.8 Å². The standard InChI is InChI=1S/C23H19F6N3O2/c1-13-30-11-18(20(31-13)17-6-4-5-7-19(17)34-3)21(33)32(2)12-14-8-15(22(24,25)26)10-16(9-14)23(27,28)29/h4-11H,12H2,1-3H3. The SMILES string of the molecule is COc1ccccc1-c1nc(C)ncc1C(=O)N(C)Cc1cc(C(F)(F)F)cc(C(F)(F)F)c1. The van der Waals surface area contributed by atoms with Gasteiger partial charge in [-0.3, -0.25) is 4.79 Å². The van der Waals surface area contributed by atoms with Crippen LogP contribution in [0.3, 0.4) is 0 Å². The Balaban J connectivity index is 2.01. The minimum absolute atomic E-state index is 0.0145. The van der Waals surface area contributed by atoms with Crippen LogP contribution in [-0.2, 0) is 18.9 Å². The molecule has 0 spiro atoms. The average Bonchev–Trinajstić information content (AvgIpc) is 2.77. The lowest BCUT2D eigenvalue weighted by Gasteiger charge is -2.21. The van der Waals surface area contributed by atoms with Crippen molar-refractivity contribution in [3.8, 4) is 17.0 Å². The van der Waals surface area contributed by atoms with Crippen LogP contribution in [0.15, 0.2) is 48.7 Å². The maximum absolute atomic E-state index is 13.2. The number of ether oxygens (including phenoxy) is 1. The summed E-state index contributed by atoms with van der Waals surface area (Å²) in [7, 11) is 2.70. The minimum atomic E-state index is -4.99. The van der Waals surface area contributed by atoms with Crippen molar-refractivity contribution in [3.63, 3.8) is 0 Å². The summed E-state index contributed by atoms with van der Waals surface area (Å²) in [6.07, 6.45) is -8.71. The molecular formula is C23H19F6N3O2. The van der Waals surface area contributed by atoms with E-state index >= 15 is 0 Å². The number of benzene rings is 2. The summed E-state index contributed by atoms with van der Waals surface area (Å²) in [5.74, 6) is 0.0877. The molecule has 0 fully saturated rings. The molecule has 0 unspecified atom stereocenters. The molecule has 1 aromatic heterocycles.